The molecule has 366 valence electrons. The number of allylic oxidation sites excluding steroid dienone is 1. The second-order valence-corrected chi connectivity index (χ2v) is 19.2. The lowest BCUT2D eigenvalue weighted by molar-refractivity contribution is -0.384. The van der Waals surface area contributed by atoms with Gasteiger partial charge in [-0.05, 0) is 121 Å². The number of nitrogens with zero attached hydrogens (tertiary/aromatic N) is 3. The van der Waals surface area contributed by atoms with Gasteiger partial charge >= 0.3 is 0 Å². The fraction of sp³-hybridized carbons (Fsp3) is 0.474. The predicted octanol–water partition coefficient (Wildman–Crippen LogP) is 12.1. The van der Waals surface area contributed by atoms with Crippen LogP contribution in [0.25, 0.3) is 11.1 Å². The maximum absolute atomic E-state index is 14.9. The number of carbonyl (C=O) groups is 1. The lowest BCUT2D eigenvalue weighted by Gasteiger charge is -2.60. The fourth-order valence-corrected chi connectivity index (χ4v) is 11.6. The van der Waals surface area contributed by atoms with E-state index in [2.05, 4.69) is 49.9 Å². The zero-order valence-corrected chi connectivity index (χ0v) is 40.1. The number of non-ortho nitro benzene ring substituents is 1. The standard InChI is InChI=1S/C57H69N3O9/c1-3-32-59(54(63)31-22-40-14-8-9-15-40)53-38-51(58-67-39-41-20-25-45(26-21-41)60(64)65)49-36-44(18-10-12-33-61)48(19-11-13-34-62)55-50-37-47(29-30-52(50)69-57(53,56(49)55)66-35-4-2)68-46-27-23-43(24-28-46)42-16-6-5-7-17-42/h4-7,16-17,20-21,23-30,36-37,40,44,48,53,55-56,61-62H,2-3,8-15,18-19,22,31-35,38-39H2,1H3. The van der Waals surface area contributed by atoms with E-state index in [1.54, 1.807) is 18.2 Å². The van der Waals surface area contributed by atoms with E-state index < -0.39 is 22.7 Å². The Morgan fingerprint density at radius 1 is 0.913 bits per heavy atom. The number of benzene rings is 4. The minimum Gasteiger partial charge on any atom is -0.459 e. The molecule has 4 aliphatic rings. The molecule has 6 atom stereocenters. The molecule has 0 aromatic heterocycles. The van der Waals surface area contributed by atoms with E-state index in [-0.39, 0.29) is 55.8 Å². The number of aliphatic hydroxyl groups excluding tert-OH is 2. The molecule has 1 amide bonds. The fourth-order valence-electron chi connectivity index (χ4n) is 11.6. The summed E-state index contributed by atoms with van der Waals surface area (Å²) in [6.07, 6.45) is 15.7. The number of carbonyl (C=O) groups excluding carboxylic acids is 1. The van der Waals surface area contributed by atoms with Crippen molar-refractivity contribution in [1.29, 1.82) is 0 Å². The minimum atomic E-state index is -1.35. The molecule has 0 saturated heterocycles. The molecule has 12 nitrogen and oxygen atoms in total. The van der Waals surface area contributed by atoms with Crippen LogP contribution in [-0.2, 0) is 21.0 Å². The molecule has 6 unspecified atom stereocenters. The van der Waals surface area contributed by atoms with Crippen molar-refractivity contribution in [3.63, 3.8) is 0 Å². The van der Waals surface area contributed by atoms with Gasteiger partial charge in [0.05, 0.1) is 23.2 Å². The molecule has 2 N–H and O–H groups in total. The molecular formula is C57H69N3O9. The van der Waals surface area contributed by atoms with Crippen molar-refractivity contribution < 1.29 is 39.0 Å². The van der Waals surface area contributed by atoms with Gasteiger partial charge in [0.25, 0.3) is 5.69 Å². The molecule has 3 aliphatic carbocycles. The first-order valence-corrected chi connectivity index (χ1v) is 25.3. The molecule has 1 heterocycles. The van der Waals surface area contributed by atoms with E-state index in [4.69, 9.17) is 24.2 Å². The zero-order chi connectivity index (χ0) is 48.2. The van der Waals surface area contributed by atoms with Gasteiger partial charge in [0.15, 0.2) is 0 Å². The number of hydrogen-bond acceptors (Lipinski definition) is 10. The van der Waals surface area contributed by atoms with Crippen molar-refractivity contribution >= 4 is 17.3 Å². The first-order chi connectivity index (χ1) is 33.8. The Bertz CT molecular complexity index is 2400. The van der Waals surface area contributed by atoms with Crippen molar-refractivity contribution in [2.45, 2.75) is 121 Å². The van der Waals surface area contributed by atoms with Crippen LogP contribution in [-0.4, -0.2) is 69.8 Å². The molecule has 1 aliphatic heterocycles. The maximum atomic E-state index is 14.9. The summed E-state index contributed by atoms with van der Waals surface area (Å²) in [7, 11) is 0. The van der Waals surface area contributed by atoms with Gasteiger partial charge in [-0.2, -0.15) is 0 Å². The molecule has 4 aromatic rings. The Morgan fingerprint density at radius 2 is 1.62 bits per heavy atom. The number of rotatable bonds is 24. The van der Waals surface area contributed by atoms with Gasteiger partial charge in [0, 0.05) is 56.2 Å². The summed E-state index contributed by atoms with van der Waals surface area (Å²) in [5.41, 5.74) is 5.57. The van der Waals surface area contributed by atoms with Crippen LogP contribution in [0, 0.1) is 33.8 Å². The quantitative estimate of drug-likeness (QED) is 0.0302. The van der Waals surface area contributed by atoms with Crippen LogP contribution in [0.3, 0.4) is 0 Å². The number of fused-ring (bicyclic) bond motifs is 2. The topological polar surface area (TPSA) is 153 Å². The van der Waals surface area contributed by atoms with E-state index in [1.165, 1.54) is 25.0 Å². The normalized spacial score (nSPS) is 23.3. The highest BCUT2D eigenvalue weighted by molar-refractivity contribution is 6.03. The first kappa shape index (κ1) is 49.6. The summed E-state index contributed by atoms with van der Waals surface area (Å²) in [5, 5.41) is 36.5. The van der Waals surface area contributed by atoms with Gasteiger partial charge in [-0.3, -0.25) is 14.9 Å². The second kappa shape index (κ2) is 23.7. The van der Waals surface area contributed by atoms with Crippen molar-refractivity contribution in [2.24, 2.45) is 28.8 Å². The number of unbranched alkanes of at least 4 members (excludes halogenated alkanes) is 2. The van der Waals surface area contributed by atoms with Crippen molar-refractivity contribution in [1.82, 2.24) is 4.90 Å². The third-order valence-electron chi connectivity index (χ3n) is 14.8. The summed E-state index contributed by atoms with van der Waals surface area (Å²) in [6, 6.07) is 30.1. The van der Waals surface area contributed by atoms with Gasteiger partial charge in [-0.15, -0.1) is 6.58 Å². The molecule has 8 rings (SSSR count). The number of ether oxygens (including phenoxy) is 3. The third-order valence-corrected chi connectivity index (χ3v) is 14.8. The Labute approximate surface area is 407 Å². The number of nitro groups is 1. The average Bonchev–Trinajstić information content (AvgIpc) is 3.90. The number of oxime groups is 1. The average molecular weight is 940 g/mol. The Hall–Kier alpha value is -5.82. The van der Waals surface area contributed by atoms with Gasteiger partial charge < -0.3 is 34.2 Å². The monoisotopic (exact) mass is 940 g/mol. The van der Waals surface area contributed by atoms with Crippen LogP contribution < -0.4 is 9.47 Å². The highest BCUT2D eigenvalue weighted by Gasteiger charge is 2.65. The highest BCUT2D eigenvalue weighted by atomic mass is 16.7. The molecule has 4 aromatic carbocycles. The highest BCUT2D eigenvalue weighted by Crippen LogP contribution is 2.62. The molecule has 0 radical (unpaired) electrons. The number of amides is 1. The second-order valence-electron chi connectivity index (χ2n) is 19.2. The van der Waals surface area contributed by atoms with E-state index in [1.807, 2.05) is 47.4 Å². The third kappa shape index (κ3) is 11.5. The molecule has 2 fully saturated rings. The molecule has 0 bridgehead atoms. The number of hydrogen-bond donors (Lipinski definition) is 2. The predicted molar refractivity (Wildman–Crippen MR) is 268 cm³/mol. The SMILES string of the molecule is C=CCOC12Oc3ccc(Oc4ccc(-c5ccccc5)cc4)cc3C3C(CCCCO)C(CCCCO)C=C(C(=NOCc4ccc([N+](=O)[O-])cc4)CC1N(CCC)C(=O)CCC1CCCC1)C32. The number of nitro benzene ring substituents is 1. The van der Waals surface area contributed by atoms with Crippen molar-refractivity contribution in [3.8, 4) is 28.4 Å². The van der Waals surface area contributed by atoms with E-state index in [0.29, 0.717) is 61.1 Å². The van der Waals surface area contributed by atoms with Crippen molar-refractivity contribution in [3.05, 3.63) is 143 Å². The molecular weight excluding hydrogens is 871 g/mol. The van der Waals surface area contributed by atoms with Gasteiger partial charge in [0.1, 0.15) is 29.9 Å². The van der Waals surface area contributed by atoms with Crippen LogP contribution in [0.5, 0.6) is 17.2 Å². The smallest absolute Gasteiger partial charge is 0.269 e. The van der Waals surface area contributed by atoms with Crippen molar-refractivity contribution in [2.75, 3.05) is 26.4 Å². The molecule has 2 saturated carbocycles. The van der Waals surface area contributed by atoms with Gasteiger partial charge in [-0.1, -0.05) is 105 Å². The van der Waals surface area contributed by atoms with Gasteiger partial charge in [-0.25, -0.2) is 0 Å². The molecule has 0 spiro atoms. The summed E-state index contributed by atoms with van der Waals surface area (Å²) in [5.74, 6) is 0.727. The summed E-state index contributed by atoms with van der Waals surface area (Å²) in [6.45, 7) is 7.12. The van der Waals surface area contributed by atoms with Crippen LogP contribution >= 0.6 is 0 Å². The number of aliphatic hydroxyl groups is 2. The maximum Gasteiger partial charge on any atom is 0.269 e. The van der Waals surface area contributed by atoms with E-state index >= 15 is 0 Å². The van der Waals surface area contributed by atoms with Crippen LogP contribution in [0.4, 0.5) is 5.69 Å². The summed E-state index contributed by atoms with van der Waals surface area (Å²) in [4.78, 5) is 34.2. The van der Waals surface area contributed by atoms with E-state index in [9.17, 15) is 25.1 Å². The van der Waals surface area contributed by atoms with Gasteiger partial charge in [0.2, 0.25) is 11.7 Å². The zero-order valence-electron chi connectivity index (χ0n) is 40.1. The summed E-state index contributed by atoms with van der Waals surface area (Å²) < 4.78 is 21.3. The Morgan fingerprint density at radius 3 is 2.32 bits per heavy atom. The van der Waals surface area contributed by atoms with E-state index in [0.717, 1.165) is 79.2 Å². The van der Waals surface area contributed by atoms with Crippen LogP contribution in [0.15, 0.2) is 127 Å². The molecule has 69 heavy (non-hydrogen) atoms. The van der Waals surface area contributed by atoms with Crippen LogP contribution in [0.2, 0.25) is 0 Å². The lowest BCUT2D eigenvalue weighted by Crippen LogP contribution is -2.70. The largest absolute Gasteiger partial charge is 0.459 e. The minimum absolute atomic E-state index is 0.00375. The molecule has 12 heteroatoms. The summed E-state index contributed by atoms with van der Waals surface area (Å²) >= 11 is 0. The Balaban J connectivity index is 1.26. The Kier molecular flexibility index (Phi) is 17.0. The van der Waals surface area contributed by atoms with Crippen LogP contribution in [0.1, 0.15) is 114 Å². The first-order valence-electron chi connectivity index (χ1n) is 25.3. The lowest BCUT2D eigenvalue weighted by atomic mass is 9.55.